The Kier molecular flexibility index (Phi) is 4.32. The molecule has 0 aliphatic carbocycles. The number of hydrogen-bond donors (Lipinski definition) is 1. The Morgan fingerprint density at radius 3 is 2.91 bits per heavy atom. The van der Waals surface area contributed by atoms with Gasteiger partial charge in [0.05, 0.1) is 18.4 Å². The number of anilines is 1. The minimum absolute atomic E-state index is 0.211. The van der Waals surface area contributed by atoms with Crippen LogP contribution in [0.3, 0.4) is 0 Å². The minimum Gasteiger partial charge on any atom is -0.361 e. The molecule has 1 fully saturated rings. The predicted molar refractivity (Wildman–Crippen MR) is 80.5 cm³/mol. The number of hydrogen-bond acceptors (Lipinski definition) is 6. The van der Waals surface area contributed by atoms with Crippen LogP contribution in [0.2, 0.25) is 0 Å². The van der Waals surface area contributed by atoms with E-state index in [1.165, 1.54) is 25.5 Å². The Labute approximate surface area is 128 Å². The van der Waals surface area contributed by atoms with Crippen LogP contribution in [0, 0.1) is 6.92 Å². The lowest BCUT2D eigenvalue weighted by atomic mass is 10.1. The van der Waals surface area contributed by atoms with Crippen molar-refractivity contribution < 1.29 is 9.32 Å². The van der Waals surface area contributed by atoms with E-state index in [2.05, 4.69) is 25.3 Å². The number of piperidine rings is 1. The highest BCUT2D eigenvalue weighted by atomic mass is 16.5. The number of aromatic nitrogens is 3. The second-order valence-corrected chi connectivity index (χ2v) is 5.37. The topological polar surface area (TPSA) is 84.2 Å². The summed E-state index contributed by atoms with van der Waals surface area (Å²) < 4.78 is 4.89. The van der Waals surface area contributed by atoms with Crippen molar-refractivity contribution in [3.05, 3.63) is 35.5 Å². The Morgan fingerprint density at radius 1 is 1.36 bits per heavy atom. The molecule has 1 aliphatic rings. The molecule has 0 saturated carbocycles. The number of rotatable bonds is 4. The quantitative estimate of drug-likeness (QED) is 0.925. The van der Waals surface area contributed by atoms with Gasteiger partial charge in [-0.25, -0.2) is 9.97 Å². The first-order valence-corrected chi connectivity index (χ1v) is 7.50. The highest BCUT2D eigenvalue weighted by Gasteiger charge is 2.15. The zero-order valence-corrected chi connectivity index (χ0v) is 12.6. The first kappa shape index (κ1) is 14.5. The summed E-state index contributed by atoms with van der Waals surface area (Å²) in [5.41, 5.74) is 1.24. The lowest BCUT2D eigenvalue weighted by molar-refractivity contribution is 0.0949. The van der Waals surface area contributed by atoms with Crippen molar-refractivity contribution in [3.63, 3.8) is 0 Å². The number of nitrogens with one attached hydrogen (secondary N) is 1. The van der Waals surface area contributed by atoms with E-state index in [9.17, 15) is 4.79 Å². The maximum atomic E-state index is 12.0. The number of carbonyl (C=O) groups is 1. The third kappa shape index (κ3) is 3.24. The van der Waals surface area contributed by atoms with Gasteiger partial charge in [-0.1, -0.05) is 5.16 Å². The summed E-state index contributed by atoms with van der Waals surface area (Å²) in [6.07, 6.45) is 6.78. The summed E-state index contributed by atoms with van der Waals surface area (Å²) in [6, 6.07) is 1.81. The van der Waals surface area contributed by atoms with Crippen LogP contribution in [-0.2, 0) is 6.54 Å². The standard InChI is InChI=1S/C15H19N5O2/c1-11-13(10-18-22-11)14(21)17-9-12-5-6-16-15(19-12)20-7-3-2-4-8-20/h5-6,10H,2-4,7-9H2,1H3,(H,17,21). The average Bonchev–Trinajstić information content (AvgIpc) is 3.00. The smallest absolute Gasteiger partial charge is 0.256 e. The van der Waals surface area contributed by atoms with Gasteiger partial charge in [0.25, 0.3) is 5.91 Å². The molecule has 22 heavy (non-hydrogen) atoms. The first-order valence-electron chi connectivity index (χ1n) is 7.50. The molecule has 7 heteroatoms. The second-order valence-electron chi connectivity index (χ2n) is 5.37. The van der Waals surface area contributed by atoms with Crippen LogP contribution in [0.4, 0.5) is 5.95 Å². The summed E-state index contributed by atoms with van der Waals surface area (Å²) >= 11 is 0. The van der Waals surface area contributed by atoms with Crippen molar-refractivity contribution >= 4 is 11.9 Å². The molecule has 1 aliphatic heterocycles. The van der Waals surface area contributed by atoms with E-state index in [-0.39, 0.29) is 5.91 Å². The Balaban J connectivity index is 1.63. The molecule has 7 nitrogen and oxygen atoms in total. The molecular formula is C15H19N5O2. The largest absolute Gasteiger partial charge is 0.361 e. The van der Waals surface area contributed by atoms with Crippen molar-refractivity contribution in [1.82, 2.24) is 20.4 Å². The van der Waals surface area contributed by atoms with Crippen LogP contribution in [-0.4, -0.2) is 34.1 Å². The molecule has 1 N–H and O–H groups in total. The maximum absolute atomic E-state index is 12.0. The molecule has 1 amide bonds. The highest BCUT2D eigenvalue weighted by Crippen LogP contribution is 2.15. The van der Waals surface area contributed by atoms with Crippen LogP contribution in [0.15, 0.2) is 23.0 Å². The molecule has 0 atom stereocenters. The van der Waals surface area contributed by atoms with Gasteiger partial charge >= 0.3 is 0 Å². The summed E-state index contributed by atoms with van der Waals surface area (Å²) in [5, 5.41) is 6.43. The Hall–Kier alpha value is -2.44. The van der Waals surface area contributed by atoms with Crippen molar-refractivity contribution in [3.8, 4) is 0 Å². The molecule has 0 unspecified atom stereocenters. The van der Waals surface area contributed by atoms with E-state index in [4.69, 9.17) is 4.52 Å². The van der Waals surface area contributed by atoms with E-state index in [0.29, 0.717) is 17.9 Å². The molecular weight excluding hydrogens is 282 g/mol. The van der Waals surface area contributed by atoms with Crippen LogP contribution in [0.1, 0.15) is 41.1 Å². The third-order valence-electron chi connectivity index (χ3n) is 3.76. The van der Waals surface area contributed by atoms with Gasteiger partial charge in [-0.15, -0.1) is 0 Å². The fraction of sp³-hybridized carbons (Fsp3) is 0.467. The highest BCUT2D eigenvalue weighted by molar-refractivity contribution is 5.94. The normalized spacial score (nSPS) is 14.9. The summed E-state index contributed by atoms with van der Waals surface area (Å²) in [6.45, 7) is 4.05. The molecule has 2 aromatic heterocycles. The zero-order chi connectivity index (χ0) is 15.4. The van der Waals surface area contributed by atoms with Crippen molar-refractivity contribution in [2.45, 2.75) is 32.7 Å². The summed E-state index contributed by atoms with van der Waals surface area (Å²) in [5.74, 6) is 1.04. The lowest BCUT2D eigenvalue weighted by Gasteiger charge is -2.26. The Morgan fingerprint density at radius 2 is 2.18 bits per heavy atom. The van der Waals surface area contributed by atoms with Gasteiger partial charge in [-0.3, -0.25) is 4.79 Å². The monoisotopic (exact) mass is 301 g/mol. The SMILES string of the molecule is Cc1oncc1C(=O)NCc1ccnc(N2CCCCC2)n1. The van der Waals surface area contributed by atoms with E-state index in [1.807, 2.05) is 6.07 Å². The number of nitrogens with zero attached hydrogens (tertiary/aromatic N) is 4. The van der Waals surface area contributed by atoms with Gasteiger partial charge in [-0.2, -0.15) is 0 Å². The van der Waals surface area contributed by atoms with Gasteiger partial charge in [0.1, 0.15) is 11.3 Å². The fourth-order valence-corrected chi connectivity index (χ4v) is 2.51. The fourth-order valence-electron chi connectivity index (χ4n) is 2.51. The summed E-state index contributed by atoms with van der Waals surface area (Å²) in [4.78, 5) is 23.1. The molecule has 3 rings (SSSR count). The van der Waals surface area contributed by atoms with Crippen LogP contribution in [0.5, 0.6) is 0 Å². The third-order valence-corrected chi connectivity index (χ3v) is 3.76. The number of amides is 1. The molecule has 0 aromatic carbocycles. The summed E-state index contributed by atoms with van der Waals surface area (Å²) in [7, 11) is 0. The maximum Gasteiger partial charge on any atom is 0.256 e. The molecule has 0 spiro atoms. The first-order chi connectivity index (χ1) is 10.7. The van der Waals surface area contributed by atoms with Crippen LogP contribution in [0.25, 0.3) is 0 Å². The zero-order valence-electron chi connectivity index (χ0n) is 12.6. The Bertz CT molecular complexity index is 649. The average molecular weight is 301 g/mol. The molecule has 0 radical (unpaired) electrons. The van der Waals surface area contributed by atoms with Crippen LogP contribution >= 0.6 is 0 Å². The van der Waals surface area contributed by atoms with E-state index in [1.54, 1.807) is 13.1 Å². The van der Waals surface area contributed by atoms with Crippen molar-refractivity contribution in [2.75, 3.05) is 18.0 Å². The predicted octanol–water partition coefficient (Wildman–Crippen LogP) is 1.69. The van der Waals surface area contributed by atoms with Crippen LogP contribution < -0.4 is 10.2 Å². The molecule has 0 bridgehead atoms. The van der Waals surface area contributed by atoms with Gasteiger partial charge in [-0.05, 0) is 32.3 Å². The second kappa shape index (κ2) is 6.55. The molecule has 1 saturated heterocycles. The minimum atomic E-state index is -0.211. The van der Waals surface area contributed by atoms with Gasteiger partial charge in [0, 0.05) is 19.3 Å². The molecule has 3 heterocycles. The van der Waals surface area contributed by atoms with E-state index in [0.717, 1.165) is 24.7 Å². The van der Waals surface area contributed by atoms with Crippen molar-refractivity contribution in [1.29, 1.82) is 0 Å². The molecule has 116 valence electrons. The van der Waals surface area contributed by atoms with Gasteiger partial charge in [0.15, 0.2) is 0 Å². The van der Waals surface area contributed by atoms with Gasteiger partial charge < -0.3 is 14.7 Å². The number of aryl methyl sites for hydroxylation is 1. The van der Waals surface area contributed by atoms with E-state index < -0.39 is 0 Å². The van der Waals surface area contributed by atoms with E-state index >= 15 is 0 Å². The van der Waals surface area contributed by atoms with Gasteiger partial charge in [0.2, 0.25) is 5.95 Å². The molecule has 2 aromatic rings. The van der Waals surface area contributed by atoms with Crippen molar-refractivity contribution in [2.24, 2.45) is 0 Å². The number of carbonyl (C=O) groups excluding carboxylic acids is 1. The lowest BCUT2D eigenvalue weighted by Crippen LogP contribution is -2.31.